The standard InChI is InChI=1S/C14H26N2O2/c1-14(2,18)11-15-9-5-12(6-10-15)13(17)16-7-3-4-8-16/h12,18H,3-11H2,1-2H3. The van der Waals surface area contributed by atoms with Gasteiger partial charge < -0.3 is 14.9 Å². The molecule has 2 aliphatic rings. The number of hydrogen-bond acceptors (Lipinski definition) is 3. The van der Waals surface area contributed by atoms with Gasteiger partial charge in [0.1, 0.15) is 0 Å². The van der Waals surface area contributed by atoms with Gasteiger partial charge in [0.05, 0.1) is 5.60 Å². The molecule has 0 aromatic carbocycles. The van der Waals surface area contributed by atoms with E-state index in [2.05, 4.69) is 4.90 Å². The number of piperidine rings is 1. The molecule has 4 nitrogen and oxygen atoms in total. The first kappa shape index (κ1) is 13.8. The number of carbonyl (C=O) groups is 1. The van der Waals surface area contributed by atoms with E-state index in [4.69, 9.17) is 0 Å². The van der Waals surface area contributed by atoms with Gasteiger partial charge in [0, 0.05) is 25.6 Å². The molecule has 2 heterocycles. The predicted molar refractivity (Wildman–Crippen MR) is 71.3 cm³/mol. The molecule has 0 spiro atoms. The molecule has 0 aromatic heterocycles. The molecule has 0 radical (unpaired) electrons. The molecule has 0 aliphatic carbocycles. The van der Waals surface area contributed by atoms with Gasteiger partial charge in [-0.1, -0.05) is 0 Å². The maximum absolute atomic E-state index is 12.3. The van der Waals surface area contributed by atoms with E-state index < -0.39 is 5.60 Å². The van der Waals surface area contributed by atoms with E-state index in [0.29, 0.717) is 12.5 Å². The fourth-order valence-corrected chi connectivity index (χ4v) is 3.08. The van der Waals surface area contributed by atoms with Crippen LogP contribution in [0, 0.1) is 5.92 Å². The summed E-state index contributed by atoms with van der Waals surface area (Å²) in [6.07, 6.45) is 4.24. The summed E-state index contributed by atoms with van der Waals surface area (Å²) in [5.41, 5.74) is -0.633. The van der Waals surface area contributed by atoms with Gasteiger partial charge in [0.15, 0.2) is 0 Å². The molecular formula is C14H26N2O2. The van der Waals surface area contributed by atoms with E-state index in [1.54, 1.807) is 0 Å². The van der Waals surface area contributed by atoms with Crippen molar-refractivity contribution in [2.24, 2.45) is 5.92 Å². The third-order valence-corrected chi connectivity index (χ3v) is 3.97. The van der Waals surface area contributed by atoms with Crippen LogP contribution in [0.5, 0.6) is 0 Å². The largest absolute Gasteiger partial charge is 0.389 e. The van der Waals surface area contributed by atoms with E-state index in [9.17, 15) is 9.90 Å². The van der Waals surface area contributed by atoms with Crippen molar-refractivity contribution in [2.45, 2.75) is 45.1 Å². The van der Waals surface area contributed by atoms with Gasteiger partial charge >= 0.3 is 0 Å². The fraction of sp³-hybridized carbons (Fsp3) is 0.929. The Balaban J connectivity index is 1.77. The molecule has 104 valence electrons. The Bertz CT molecular complexity index is 285. The number of hydrogen-bond donors (Lipinski definition) is 1. The molecule has 2 fully saturated rings. The van der Waals surface area contributed by atoms with Gasteiger partial charge in [0.25, 0.3) is 0 Å². The van der Waals surface area contributed by atoms with Gasteiger partial charge in [-0.25, -0.2) is 0 Å². The van der Waals surface area contributed by atoms with Crippen LogP contribution in [-0.2, 0) is 4.79 Å². The first-order chi connectivity index (χ1) is 8.46. The quantitative estimate of drug-likeness (QED) is 0.820. The lowest BCUT2D eigenvalue weighted by atomic mass is 9.94. The average molecular weight is 254 g/mol. The summed E-state index contributed by atoms with van der Waals surface area (Å²) in [6.45, 7) is 8.19. The van der Waals surface area contributed by atoms with Crippen LogP contribution in [0.3, 0.4) is 0 Å². The zero-order valence-corrected chi connectivity index (χ0v) is 11.7. The number of nitrogens with zero attached hydrogens (tertiary/aromatic N) is 2. The highest BCUT2D eigenvalue weighted by molar-refractivity contribution is 5.79. The molecule has 2 saturated heterocycles. The van der Waals surface area contributed by atoms with Crippen molar-refractivity contribution >= 4 is 5.91 Å². The molecule has 0 aromatic rings. The fourth-order valence-electron chi connectivity index (χ4n) is 3.08. The third-order valence-electron chi connectivity index (χ3n) is 3.97. The number of likely N-dealkylation sites (tertiary alicyclic amines) is 2. The van der Waals surface area contributed by atoms with E-state index in [0.717, 1.165) is 39.0 Å². The maximum atomic E-state index is 12.3. The Labute approximate surface area is 110 Å². The summed E-state index contributed by atoms with van der Waals surface area (Å²) in [6, 6.07) is 0. The van der Waals surface area contributed by atoms with Crippen molar-refractivity contribution in [3.63, 3.8) is 0 Å². The Hall–Kier alpha value is -0.610. The van der Waals surface area contributed by atoms with Gasteiger partial charge in [0.2, 0.25) is 5.91 Å². The molecule has 18 heavy (non-hydrogen) atoms. The van der Waals surface area contributed by atoms with E-state index in [1.807, 2.05) is 18.7 Å². The summed E-state index contributed by atoms with van der Waals surface area (Å²) in [4.78, 5) is 16.6. The molecule has 0 unspecified atom stereocenters. The lowest BCUT2D eigenvalue weighted by Crippen LogP contribution is -2.46. The monoisotopic (exact) mass is 254 g/mol. The maximum Gasteiger partial charge on any atom is 0.225 e. The topological polar surface area (TPSA) is 43.8 Å². The van der Waals surface area contributed by atoms with Crippen LogP contribution < -0.4 is 0 Å². The van der Waals surface area contributed by atoms with Crippen LogP contribution in [-0.4, -0.2) is 59.1 Å². The van der Waals surface area contributed by atoms with Crippen LogP contribution in [0.1, 0.15) is 39.5 Å². The number of amides is 1. The second-order valence-corrected chi connectivity index (χ2v) is 6.40. The Morgan fingerprint density at radius 3 is 2.22 bits per heavy atom. The summed E-state index contributed by atoms with van der Waals surface area (Å²) in [5.74, 6) is 0.594. The number of rotatable bonds is 3. The van der Waals surface area contributed by atoms with Crippen LogP contribution in [0.2, 0.25) is 0 Å². The Morgan fingerprint density at radius 2 is 1.72 bits per heavy atom. The molecule has 2 aliphatic heterocycles. The molecular weight excluding hydrogens is 228 g/mol. The summed E-state index contributed by atoms with van der Waals surface area (Å²) in [7, 11) is 0. The van der Waals surface area contributed by atoms with Crippen LogP contribution in [0.25, 0.3) is 0 Å². The van der Waals surface area contributed by atoms with Crippen LogP contribution in [0.4, 0.5) is 0 Å². The first-order valence-electron chi connectivity index (χ1n) is 7.19. The van der Waals surface area contributed by atoms with Crippen molar-refractivity contribution in [3.05, 3.63) is 0 Å². The van der Waals surface area contributed by atoms with Crippen LogP contribution >= 0.6 is 0 Å². The SMILES string of the molecule is CC(C)(O)CN1CCC(C(=O)N2CCCC2)CC1. The molecule has 1 amide bonds. The minimum Gasteiger partial charge on any atom is -0.389 e. The minimum atomic E-state index is -0.633. The van der Waals surface area contributed by atoms with Gasteiger partial charge in [-0.2, -0.15) is 0 Å². The molecule has 0 bridgehead atoms. The summed E-state index contributed by atoms with van der Waals surface area (Å²) < 4.78 is 0. The molecule has 0 atom stereocenters. The Morgan fingerprint density at radius 1 is 1.17 bits per heavy atom. The predicted octanol–water partition coefficient (Wildman–Crippen LogP) is 1.09. The van der Waals surface area contributed by atoms with Crippen molar-refractivity contribution in [1.29, 1.82) is 0 Å². The minimum absolute atomic E-state index is 0.223. The highest BCUT2D eigenvalue weighted by Crippen LogP contribution is 2.22. The smallest absolute Gasteiger partial charge is 0.225 e. The van der Waals surface area contributed by atoms with E-state index in [1.165, 1.54) is 12.8 Å². The van der Waals surface area contributed by atoms with Gasteiger partial charge in [-0.05, 0) is 52.6 Å². The Kier molecular flexibility index (Phi) is 4.28. The second kappa shape index (κ2) is 5.57. The van der Waals surface area contributed by atoms with Crippen molar-refractivity contribution in [3.8, 4) is 0 Å². The lowest BCUT2D eigenvalue weighted by Gasteiger charge is -2.35. The molecule has 2 rings (SSSR count). The van der Waals surface area contributed by atoms with Gasteiger partial charge in [-0.15, -0.1) is 0 Å². The van der Waals surface area contributed by atoms with Crippen molar-refractivity contribution < 1.29 is 9.90 Å². The van der Waals surface area contributed by atoms with E-state index in [-0.39, 0.29) is 5.92 Å². The summed E-state index contributed by atoms with van der Waals surface area (Å²) in [5, 5.41) is 9.80. The number of carbonyl (C=O) groups excluding carboxylic acids is 1. The van der Waals surface area contributed by atoms with Crippen molar-refractivity contribution in [2.75, 3.05) is 32.7 Å². The summed E-state index contributed by atoms with van der Waals surface area (Å²) >= 11 is 0. The zero-order chi connectivity index (χ0) is 13.2. The second-order valence-electron chi connectivity index (χ2n) is 6.40. The molecule has 4 heteroatoms. The lowest BCUT2D eigenvalue weighted by molar-refractivity contribution is -0.136. The number of aliphatic hydroxyl groups is 1. The first-order valence-corrected chi connectivity index (χ1v) is 7.19. The van der Waals surface area contributed by atoms with Crippen molar-refractivity contribution in [1.82, 2.24) is 9.80 Å². The number of β-amino-alcohol motifs (C(OH)–C–C–N with tert-alkyl or cyclic N) is 1. The molecule has 0 saturated carbocycles. The zero-order valence-electron chi connectivity index (χ0n) is 11.7. The molecule has 1 N–H and O–H groups in total. The third kappa shape index (κ3) is 3.69. The highest BCUT2D eigenvalue weighted by atomic mass is 16.3. The highest BCUT2D eigenvalue weighted by Gasteiger charge is 2.30. The van der Waals surface area contributed by atoms with Crippen LogP contribution in [0.15, 0.2) is 0 Å². The van der Waals surface area contributed by atoms with Gasteiger partial charge in [-0.3, -0.25) is 4.79 Å². The normalized spacial score (nSPS) is 23.6. The van der Waals surface area contributed by atoms with E-state index >= 15 is 0 Å². The average Bonchev–Trinajstić information content (AvgIpc) is 2.80.